The largest absolute Gasteiger partial charge is 0.494 e. The zero-order valence-electron chi connectivity index (χ0n) is 18.5. The van der Waals surface area contributed by atoms with Crippen molar-refractivity contribution >= 4 is 14.0 Å². The van der Waals surface area contributed by atoms with Crippen molar-refractivity contribution in [1.82, 2.24) is 5.32 Å². The van der Waals surface area contributed by atoms with Crippen molar-refractivity contribution in [1.29, 1.82) is 0 Å². The first kappa shape index (κ1) is 24.7. The van der Waals surface area contributed by atoms with E-state index in [0.717, 1.165) is 24.3 Å². The Morgan fingerprint density at radius 3 is 2.14 bits per heavy atom. The lowest BCUT2D eigenvalue weighted by Gasteiger charge is -2.37. The second kappa shape index (κ2) is 10.4. The number of aliphatic hydroxyl groups excluding tert-OH is 2. The molecule has 0 saturated carbocycles. The van der Waals surface area contributed by atoms with E-state index in [1.807, 2.05) is 24.3 Å². The van der Waals surface area contributed by atoms with Crippen LogP contribution in [0.3, 0.4) is 0 Å². The average molecular weight is 410 g/mol. The van der Waals surface area contributed by atoms with E-state index in [0.29, 0.717) is 17.9 Å². The summed E-state index contributed by atoms with van der Waals surface area (Å²) in [4.78, 5) is 11.3. The van der Waals surface area contributed by atoms with E-state index in [-0.39, 0.29) is 19.1 Å². The van der Waals surface area contributed by atoms with Crippen LogP contribution in [-0.2, 0) is 11.2 Å². The van der Waals surface area contributed by atoms with E-state index < -0.39 is 13.6 Å². The van der Waals surface area contributed by atoms with Crippen LogP contribution in [0.2, 0.25) is 24.2 Å². The van der Waals surface area contributed by atoms with Gasteiger partial charge >= 0.3 is 0 Å². The molecule has 0 heterocycles. The first-order valence-electron chi connectivity index (χ1n) is 10.2. The summed E-state index contributed by atoms with van der Waals surface area (Å²) in [7, 11) is -1.25. The monoisotopic (exact) mass is 409 g/mol. The molecule has 1 aromatic rings. The fourth-order valence-electron chi connectivity index (χ4n) is 2.94. The lowest BCUT2D eigenvalue weighted by molar-refractivity contribution is -0.122. The molecule has 160 valence electrons. The Hall–Kier alpha value is -1.37. The molecule has 0 saturated heterocycles. The topological polar surface area (TPSA) is 78.8 Å². The summed E-state index contributed by atoms with van der Waals surface area (Å²) in [6.45, 7) is 13.4. The molecule has 0 atom stereocenters. The number of ether oxygens (including phenoxy) is 1. The standard InChI is InChI=1S/C22H39NO4Si/c1-18(26)23-22(16-24,17-25)13-12-19-8-10-20(11-9-19)27-14-7-15-28(5,6)21(2,3)4/h8-11,24-25H,7,12-17H2,1-6H3,(H,23,26). The van der Waals surface area contributed by atoms with Crippen molar-refractivity contribution in [3.8, 4) is 5.75 Å². The van der Waals surface area contributed by atoms with E-state index in [1.54, 1.807) is 0 Å². The molecule has 0 unspecified atom stereocenters. The number of aliphatic hydroxyl groups is 2. The summed E-state index contributed by atoms with van der Waals surface area (Å²) in [5.41, 5.74) is 0.0929. The van der Waals surface area contributed by atoms with Gasteiger partial charge in [-0.15, -0.1) is 0 Å². The molecule has 0 bridgehead atoms. The van der Waals surface area contributed by atoms with Gasteiger partial charge in [-0.05, 0) is 42.0 Å². The predicted molar refractivity (Wildman–Crippen MR) is 118 cm³/mol. The number of hydrogen-bond donors (Lipinski definition) is 3. The molecule has 5 nitrogen and oxygen atoms in total. The fourth-order valence-corrected chi connectivity index (χ4v) is 4.72. The van der Waals surface area contributed by atoms with E-state index in [1.165, 1.54) is 13.0 Å². The Morgan fingerprint density at radius 2 is 1.68 bits per heavy atom. The van der Waals surface area contributed by atoms with Crippen LogP contribution in [0.5, 0.6) is 5.75 Å². The normalized spacial score (nSPS) is 12.7. The second-order valence-electron chi connectivity index (χ2n) is 9.51. The van der Waals surface area contributed by atoms with Gasteiger partial charge in [-0.25, -0.2) is 0 Å². The summed E-state index contributed by atoms with van der Waals surface area (Å²) in [5, 5.41) is 22.2. The lowest BCUT2D eigenvalue weighted by Crippen LogP contribution is -2.53. The zero-order valence-corrected chi connectivity index (χ0v) is 19.5. The van der Waals surface area contributed by atoms with Gasteiger partial charge in [0.05, 0.1) is 33.4 Å². The number of rotatable bonds is 11. The van der Waals surface area contributed by atoms with Crippen LogP contribution < -0.4 is 10.1 Å². The van der Waals surface area contributed by atoms with Gasteiger partial charge in [-0.1, -0.05) is 52.0 Å². The van der Waals surface area contributed by atoms with Crippen molar-refractivity contribution in [3.63, 3.8) is 0 Å². The molecule has 0 aromatic heterocycles. The minimum Gasteiger partial charge on any atom is -0.494 e. The molecule has 0 aliphatic heterocycles. The van der Waals surface area contributed by atoms with Crippen LogP contribution in [0.15, 0.2) is 24.3 Å². The molecule has 0 aliphatic rings. The van der Waals surface area contributed by atoms with Gasteiger partial charge in [-0.2, -0.15) is 0 Å². The Morgan fingerprint density at radius 1 is 1.11 bits per heavy atom. The van der Waals surface area contributed by atoms with Crippen LogP contribution in [-0.4, -0.2) is 49.6 Å². The zero-order chi connectivity index (χ0) is 21.4. The molecule has 1 amide bonds. The second-order valence-corrected chi connectivity index (χ2v) is 15.3. The highest BCUT2D eigenvalue weighted by molar-refractivity contribution is 6.80. The molecular weight excluding hydrogens is 370 g/mol. The summed E-state index contributed by atoms with van der Waals surface area (Å²) >= 11 is 0. The number of nitrogens with one attached hydrogen (secondary N) is 1. The predicted octanol–water partition coefficient (Wildman–Crippen LogP) is 3.76. The third kappa shape index (κ3) is 7.57. The first-order valence-corrected chi connectivity index (χ1v) is 13.4. The van der Waals surface area contributed by atoms with E-state index in [4.69, 9.17) is 4.74 Å². The maximum Gasteiger partial charge on any atom is 0.217 e. The van der Waals surface area contributed by atoms with Crippen LogP contribution in [0.4, 0.5) is 0 Å². The van der Waals surface area contributed by atoms with Crippen LogP contribution >= 0.6 is 0 Å². The summed E-state index contributed by atoms with van der Waals surface area (Å²) < 4.78 is 5.89. The van der Waals surface area contributed by atoms with Crippen molar-refractivity contribution in [2.75, 3.05) is 19.8 Å². The molecule has 1 rings (SSSR count). The lowest BCUT2D eigenvalue weighted by atomic mass is 9.92. The fraction of sp³-hybridized carbons (Fsp3) is 0.682. The van der Waals surface area contributed by atoms with Gasteiger partial charge in [0, 0.05) is 6.92 Å². The van der Waals surface area contributed by atoms with Crippen LogP contribution in [0.25, 0.3) is 0 Å². The van der Waals surface area contributed by atoms with Gasteiger partial charge in [-0.3, -0.25) is 4.79 Å². The van der Waals surface area contributed by atoms with E-state index in [2.05, 4.69) is 39.2 Å². The van der Waals surface area contributed by atoms with Gasteiger partial charge < -0.3 is 20.3 Å². The molecule has 0 fully saturated rings. The minimum atomic E-state index is -1.25. The Balaban J connectivity index is 2.50. The molecule has 0 radical (unpaired) electrons. The molecule has 0 spiro atoms. The third-order valence-corrected chi connectivity index (χ3v) is 11.8. The number of carbonyl (C=O) groups is 1. The highest BCUT2D eigenvalue weighted by Gasteiger charge is 2.34. The maximum absolute atomic E-state index is 11.3. The molecule has 6 heteroatoms. The molecule has 3 N–H and O–H groups in total. The van der Waals surface area contributed by atoms with Gasteiger partial charge in [0.15, 0.2) is 0 Å². The molecule has 0 aliphatic carbocycles. The summed E-state index contributed by atoms with van der Waals surface area (Å²) in [6, 6.07) is 9.16. The van der Waals surface area contributed by atoms with Gasteiger partial charge in [0.1, 0.15) is 5.75 Å². The summed E-state index contributed by atoms with van der Waals surface area (Å²) in [5.74, 6) is 0.598. The molecule has 1 aromatic carbocycles. The number of benzene rings is 1. The SMILES string of the molecule is CC(=O)NC(CO)(CO)CCc1ccc(OCCC[Si](C)(C)C(C)(C)C)cc1. The quantitative estimate of drug-likeness (QED) is 0.384. The van der Waals surface area contributed by atoms with Crippen molar-refractivity contribution in [2.45, 2.75) is 76.7 Å². The van der Waals surface area contributed by atoms with Gasteiger partial charge in [0.2, 0.25) is 5.91 Å². The maximum atomic E-state index is 11.3. The average Bonchev–Trinajstić information content (AvgIpc) is 2.62. The number of carbonyl (C=O) groups excluding carboxylic acids is 1. The summed E-state index contributed by atoms with van der Waals surface area (Å²) in [6.07, 6.45) is 2.18. The van der Waals surface area contributed by atoms with Crippen LogP contribution in [0.1, 0.15) is 46.1 Å². The molecule has 28 heavy (non-hydrogen) atoms. The number of aryl methyl sites for hydroxylation is 1. The third-order valence-electron chi connectivity index (χ3n) is 6.11. The smallest absolute Gasteiger partial charge is 0.217 e. The van der Waals surface area contributed by atoms with Crippen molar-refractivity contribution < 1.29 is 19.7 Å². The minimum absolute atomic E-state index is 0.260. The number of hydrogen-bond acceptors (Lipinski definition) is 4. The highest BCUT2D eigenvalue weighted by Crippen LogP contribution is 2.39. The van der Waals surface area contributed by atoms with Crippen LogP contribution in [0, 0.1) is 0 Å². The van der Waals surface area contributed by atoms with Crippen molar-refractivity contribution in [2.24, 2.45) is 0 Å². The Bertz CT molecular complexity index is 604. The van der Waals surface area contributed by atoms with Gasteiger partial charge in [0.25, 0.3) is 0 Å². The Labute approximate surface area is 171 Å². The molecular formula is C22H39NO4Si. The first-order chi connectivity index (χ1) is 12.9. The number of amides is 1. The highest BCUT2D eigenvalue weighted by atomic mass is 28.3. The Kier molecular flexibility index (Phi) is 9.18. The van der Waals surface area contributed by atoms with E-state index >= 15 is 0 Å². The van der Waals surface area contributed by atoms with E-state index in [9.17, 15) is 15.0 Å². The van der Waals surface area contributed by atoms with Crippen molar-refractivity contribution in [3.05, 3.63) is 29.8 Å².